The van der Waals surface area contributed by atoms with Crippen LogP contribution >= 0.6 is 0 Å². The first-order valence-corrected chi connectivity index (χ1v) is 18.8. The van der Waals surface area contributed by atoms with Gasteiger partial charge in [0.1, 0.15) is 19.4 Å². The highest BCUT2D eigenvalue weighted by atomic mass is 16.5. The van der Waals surface area contributed by atoms with E-state index in [0.717, 1.165) is 109 Å². The van der Waals surface area contributed by atoms with Gasteiger partial charge in [0, 0.05) is 32.2 Å². The van der Waals surface area contributed by atoms with E-state index in [2.05, 4.69) is 20.7 Å². The molecule has 0 saturated heterocycles. The Morgan fingerprint density at radius 3 is 1.39 bits per heavy atom. The lowest BCUT2D eigenvalue weighted by molar-refractivity contribution is -0.140. The van der Waals surface area contributed by atoms with Crippen LogP contribution in [0.4, 0.5) is 0 Å². The Morgan fingerprint density at radius 1 is 0.612 bits per heavy atom. The zero-order chi connectivity index (χ0) is 38.3. The molecule has 0 aromatic rings. The Hall–Kier alpha value is -2.25. The number of amides is 1. The van der Waals surface area contributed by atoms with Crippen molar-refractivity contribution in [3.63, 3.8) is 0 Å². The normalized spacial score (nSPS) is 9.96. The minimum absolute atomic E-state index is 0.0246. The zero-order valence-electron chi connectivity index (χ0n) is 32.4. The lowest BCUT2D eigenvalue weighted by Crippen LogP contribution is -2.29. The summed E-state index contributed by atoms with van der Waals surface area (Å²) in [6, 6.07) is 0. The van der Waals surface area contributed by atoms with Crippen molar-refractivity contribution >= 4 is 31.2 Å². The van der Waals surface area contributed by atoms with Gasteiger partial charge in [0.25, 0.3) is 0 Å². The van der Waals surface area contributed by atoms with Crippen LogP contribution in [-0.4, -0.2) is 91.7 Å². The first-order chi connectivity index (χ1) is 23.9. The number of carbonyl (C=O) groups excluding carboxylic acids is 5. The molecular weight excluding hydrogens is 624 g/mol. The van der Waals surface area contributed by atoms with E-state index in [1.54, 1.807) is 0 Å². The van der Waals surface area contributed by atoms with Gasteiger partial charge in [-0.1, -0.05) is 65.2 Å². The van der Waals surface area contributed by atoms with Crippen LogP contribution in [0, 0.1) is 5.41 Å². The predicted octanol–water partition coefficient (Wildman–Crippen LogP) is 4.59. The van der Waals surface area contributed by atoms with Gasteiger partial charge in [0.15, 0.2) is 0 Å². The molecule has 0 aliphatic heterocycles. The number of methoxy groups -OCH3 is 1. The first kappa shape index (κ1) is 56.1. The van der Waals surface area contributed by atoms with Gasteiger partial charge in [-0.15, -0.1) is 0 Å². The Morgan fingerprint density at radius 2 is 1.02 bits per heavy atom. The quantitative estimate of drug-likeness (QED) is 0.0346. The maximum Gasteiger partial charge on any atom is 0.305 e. The summed E-state index contributed by atoms with van der Waals surface area (Å²) < 4.78 is 4.65. The van der Waals surface area contributed by atoms with Gasteiger partial charge in [0.05, 0.1) is 7.11 Å². The number of carbonyl (C=O) groups is 5. The monoisotopic (exact) mass is 705 g/mol. The molecule has 9 N–H and O–H groups in total. The zero-order valence-corrected chi connectivity index (χ0v) is 32.4. The number of aldehydes is 2. The van der Waals surface area contributed by atoms with Crippen LogP contribution in [0.25, 0.3) is 0 Å². The minimum atomic E-state index is -0.125. The molecule has 12 nitrogen and oxygen atoms in total. The van der Waals surface area contributed by atoms with Gasteiger partial charge in [-0.3, -0.25) is 9.59 Å². The molecule has 0 aromatic carbocycles. The van der Waals surface area contributed by atoms with E-state index in [1.807, 2.05) is 34.7 Å². The van der Waals surface area contributed by atoms with Crippen molar-refractivity contribution in [3.05, 3.63) is 0 Å². The molecule has 0 aliphatic rings. The molecule has 0 fully saturated rings. The third-order valence-electron chi connectivity index (χ3n) is 7.75. The van der Waals surface area contributed by atoms with Crippen molar-refractivity contribution in [2.45, 2.75) is 142 Å². The van der Waals surface area contributed by atoms with Crippen LogP contribution in [0.1, 0.15) is 142 Å². The predicted molar refractivity (Wildman–Crippen MR) is 205 cm³/mol. The number of nitrogens with one attached hydrogen (secondary N) is 3. The van der Waals surface area contributed by atoms with Crippen LogP contribution in [0.15, 0.2) is 0 Å². The van der Waals surface area contributed by atoms with Crippen molar-refractivity contribution in [3.8, 4) is 0 Å². The first-order valence-electron chi connectivity index (χ1n) is 18.8. The third kappa shape index (κ3) is 50.2. The number of hydrogen-bond donors (Lipinski definition) is 6. The molecule has 0 bridgehead atoms. The molecule has 49 heavy (non-hydrogen) atoms. The van der Waals surface area contributed by atoms with Crippen LogP contribution in [0.5, 0.6) is 0 Å². The topological polar surface area (TPSA) is 209 Å². The second-order valence-corrected chi connectivity index (χ2v) is 11.7. The van der Waals surface area contributed by atoms with E-state index in [0.29, 0.717) is 45.2 Å². The van der Waals surface area contributed by atoms with Gasteiger partial charge in [-0.25, -0.2) is 0 Å². The van der Waals surface area contributed by atoms with Gasteiger partial charge >= 0.3 is 5.97 Å². The summed E-state index contributed by atoms with van der Waals surface area (Å²) >= 11 is 0. The van der Waals surface area contributed by atoms with E-state index >= 15 is 0 Å². The number of rotatable bonds is 30. The summed E-state index contributed by atoms with van der Waals surface area (Å²) in [7, 11) is 5.28. The molecule has 12 heteroatoms. The van der Waals surface area contributed by atoms with E-state index < -0.39 is 0 Å². The molecule has 294 valence electrons. The molecule has 0 aromatic heterocycles. The van der Waals surface area contributed by atoms with Crippen LogP contribution in [-0.2, 0) is 28.7 Å². The van der Waals surface area contributed by atoms with E-state index in [1.165, 1.54) is 32.8 Å². The lowest BCUT2D eigenvalue weighted by atomic mass is 9.71. The van der Waals surface area contributed by atoms with Crippen molar-refractivity contribution in [1.82, 2.24) is 16.0 Å². The average Bonchev–Trinajstić information content (AvgIpc) is 3.14. The smallest absolute Gasteiger partial charge is 0.305 e. The summed E-state index contributed by atoms with van der Waals surface area (Å²) in [6.07, 6.45) is 20.0. The Kier molecular flexibility index (Phi) is 60.2. The number of ether oxygens (including phenoxy) is 1. The van der Waals surface area contributed by atoms with Crippen LogP contribution < -0.4 is 33.2 Å². The number of esters is 1. The van der Waals surface area contributed by atoms with Crippen molar-refractivity contribution < 1.29 is 28.7 Å². The molecule has 0 unspecified atom stereocenters. The largest absolute Gasteiger partial charge is 0.469 e. The van der Waals surface area contributed by atoms with E-state index in [9.17, 15) is 19.2 Å². The van der Waals surface area contributed by atoms with E-state index in [4.69, 9.17) is 22.0 Å². The molecular formula is C37H80N6O6. The fourth-order valence-electron chi connectivity index (χ4n) is 4.94. The lowest BCUT2D eigenvalue weighted by Gasteiger charge is -2.33. The summed E-state index contributed by atoms with van der Waals surface area (Å²) in [6.45, 7) is 10.8. The molecule has 0 spiro atoms. The van der Waals surface area contributed by atoms with Crippen molar-refractivity contribution in [2.75, 3.05) is 60.5 Å². The Balaban J connectivity index is -0.000000334. The summed E-state index contributed by atoms with van der Waals surface area (Å²) in [5.41, 5.74) is 15.7. The minimum Gasteiger partial charge on any atom is -0.469 e. The SMILES string of the molecule is C=O.CC.CNCCCN.CNCCCN.COC(=O)CCCCCCCCCCCC(CCC=O)(CCC=O)CCC(=O)NCCCN. The van der Waals surface area contributed by atoms with E-state index in [-0.39, 0.29) is 17.3 Å². The highest BCUT2D eigenvalue weighted by molar-refractivity contribution is 5.75. The van der Waals surface area contributed by atoms with Crippen molar-refractivity contribution in [1.29, 1.82) is 0 Å². The Bertz CT molecular complexity index is 645. The fourth-order valence-corrected chi connectivity index (χ4v) is 4.94. The van der Waals surface area contributed by atoms with Gasteiger partial charge in [0.2, 0.25) is 5.91 Å². The number of unbranched alkanes of at least 4 members (excludes halogenated alkanes) is 8. The average molecular weight is 705 g/mol. The van der Waals surface area contributed by atoms with Crippen LogP contribution in [0.3, 0.4) is 0 Å². The number of hydrogen-bond acceptors (Lipinski definition) is 11. The standard InChI is InChI=1S/C26H48N2O5.2C4H12N2.C2H6.CH2O/c1-33-25(32)14-9-7-5-3-2-4-6-8-10-16-26(17-11-22-29,18-12-23-30)19-15-24(31)28-21-13-20-27;2*1-6-4-2-3-5;2*1-2/h22-23H,2-21,27H2,1H3,(H,28,31);2*6H,2-5H2,1H3;1-2H3;1H2. The maximum atomic E-state index is 12.2. The molecule has 0 radical (unpaired) electrons. The van der Waals surface area contributed by atoms with Gasteiger partial charge in [-0.2, -0.15) is 0 Å². The molecule has 0 rings (SSSR count). The molecule has 0 atom stereocenters. The molecule has 1 amide bonds. The number of nitrogens with two attached hydrogens (primary N) is 3. The second-order valence-electron chi connectivity index (χ2n) is 11.7. The second kappa shape index (κ2) is 52.6. The highest BCUT2D eigenvalue weighted by Crippen LogP contribution is 2.40. The summed E-state index contributed by atoms with van der Waals surface area (Å²) in [5, 5.41) is 8.88. The van der Waals surface area contributed by atoms with Gasteiger partial charge < -0.3 is 52.3 Å². The summed E-state index contributed by atoms with van der Waals surface area (Å²) in [5.74, 6) is -0.101. The maximum absolute atomic E-state index is 12.2. The summed E-state index contributed by atoms with van der Waals surface area (Å²) in [4.78, 5) is 53.4. The van der Waals surface area contributed by atoms with Gasteiger partial charge in [-0.05, 0) is 104 Å². The Labute approximate surface area is 300 Å². The molecule has 0 saturated carbocycles. The fraction of sp³-hybridized carbons (Fsp3) is 0.865. The van der Waals surface area contributed by atoms with Crippen LogP contribution in [0.2, 0.25) is 0 Å². The van der Waals surface area contributed by atoms with Crippen molar-refractivity contribution in [2.24, 2.45) is 22.6 Å². The molecule has 0 aliphatic carbocycles. The highest BCUT2D eigenvalue weighted by Gasteiger charge is 2.29. The third-order valence-corrected chi connectivity index (χ3v) is 7.75. The molecule has 0 heterocycles.